The molecule has 0 bridgehead atoms. The number of nitrogens with one attached hydrogen (secondary N) is 1. The van der Waals surface area contributed by atoms with Crippen LogP contribution in [0.4, 0.5) is 15.8 Å². The molecule has 0 spiro atoms. The zero-order chi connectivity index (χ0) is 24.2. The average Bonchev–Trinajstić information content (AvgIpc) is 3.04. The minimum atomic E-state index is -0.782. The highest BCUT2D eigenvalue weighted by atomic mass is 35.5. The van der Waals surface area contributed by atoms with E-state index in [-0.39, 0.29) is 24.1 Å². The molecule has 1 heterocycles. The predicted octanol–water partition coefficient (Wildman–Crippen LogP) is 5.71. The fourth-order valence-corrected chi connectivity index (χ4v) is 4.40. The summed E-state index contributed by atoms with van der Waals surface area (Å²) in [5, 5.41) is 4.19. The number of anilines is 2. The predicted molar refractivity (Wildman–Crippen MR) is 137 cm³/mol. The molecule has 3 aromatic carbocycles. The summed E-state index contributed by atoms with van der Waals surface area (Å²) in [6.07, 6.45) is 0.437. The second kappa shape index (κ2) is 10.5. The molecule has 9 heteroatoms. The third-order valence-electron chi connectivity index (χ3n) is 5.46. The molecule has 5 nitrogen and oxygen atoms in total. The monoisotopic (exact) mass is 515 g/mol. The molecule has 174 valence electrons. The lowest BCUT2D eigenvalue weighted by molar-refractivity contribution is -0.124. The number of nitrogens with zero attached hydrogens (tertiary/aromatic N) is 2. The van der Waals surface area contributed by atoms with Crippen LogP contribution in [0, 0.1) is 5.82 Å². The molecule has 1 fully saturated rings. The molecule has 0 aromatic heterocycles. The molecule has 2 amide bonds. The van der Waals surface area contributed by atoms with Gasteiger partial charge in [0, 0.05) is 22.3 Å². The maximum Gasteiger partial charge on any atom is 0.256 e. The minimum absolute atomic E-state index is 0.0882. The second-order valence-electron chi connectivity index (χ2n) is 7.78. The molecule has 0 unspecified atom stereocenters. The highest BCUT2D eigenvalue weighted by molar-refractivity contribution is 7.80. The molecule has 1 N–H and O–H groups in total. The molecular formula is C25H20Cl2FN3O2S. The van der Waals surface area contributed by atoms with E-state index >= 15 is 0 Å². The first-order valence-corrected chi connectivity index (χ1v) is 11.7. The normalized spacial score (nSPS) is 15.7. The maximum atomic E-state index is 13.4. The van der Waals surface area contributed by atoms with Crippen LogP contribution in [-0.4, -0.2) is 34.4 Å². The zero-order valence-electron chi connectivity index (χ0n) is 17.9. The van der Waals surface area contributed by atoms with Crippen molar-refractivity contribution in [2.75, 3.05) is 16.8 Å². The number of halogens is 3. The molecule has 0 aliphatic carbocycles. The van der Waals surface area contributed by atoms with Gasteiger partial charge in [0.2, 0.25) is 5.91 Å². The van der Waals surface area contributed by atoms with Gasteiger partial charge < -0.3 is 10.2 Å². The van der Waals surface area contributed by atoms with E-state index in [1.165, 1.54) is 17.0 Å². The summed E-state index contributed by atoms with van der Waals surface area (Å²) in [6, 6.07) is 18.9. The van der Waals surface area contributed by atoms with Crippen molar-refractivity contribution >= 4 is 63.7 Å². The third kappa shape index (κ3) is 5.55. The topological polar surface area (TPSA) is 52.7 Å². The highest BCUT2D eigenvalue weighted by Gasteiger charge is 2.43. The van der Waals surface area contributed by atoms with Gasteiger partial charge in [0.25, 0.3) is 5.91 Å². The lowest BCUT2D eigenvalue weighted by Crippen LogP contribution is -2.39. The smallest absolute Gasteiger partial charge is 0.256 e. The van der Waals surface area contributed by atoms with Gasteiger partial charge in [-0.3, -0.25) is 14.5 Å². The van der Waals surface area contributed by atoms with Gasteiger partial charge in [-0.1, -0.05) is 35.3 Å². The molecule has 0 radical (unpaired) electrons. The number of carbonyl (C=O) groups excluding carboxylic acids is 2. The van der Waals surface area contributed by atoms with E-state index in [4.69, 9.17) is 35.4 Å². The maximum absolute atomic E-state index is 13.4. The SMILES string of the molecule is O=C(C[C@@H]1C(=O)N(c2ccc(Cl)cc2)C(=S)N1CCc1ccc(F)cc1)Nc1ccc(Cl)cc1. The molecule has 1 saturated heterocycles. The Labute approximate surface area is 212 Å². The number of hydrogen-bond acceptors (Lipinski definition) is 3. The van der Waals surface area contributed by atoms with Crippen molar-refractivity contribution in [2.45, 2.75) is 18.9 Å². The standard InChI is InChI=1S/C25H20Cl2FN3O2S/c26-17-3-9-20(10-4-17)29-23(32)15-22-24(33)31(21-11-5-18(27)6-12-21)25(34)30(22)14-13-16-1-7-19(28)8-2-16/h1-12,22H,13-15H2,(H,29,32)/t22-/m1/s1. The Morgan fingerprint density at radius 3 is 2.15 bits per heavy atom. The van der Waals surface area contributed by atoms with Gasteiger partial charge in [-0.05, 0) is 84.9 Å². The van der Waals surface area contributed by atoms with Crippen molar-refractivity contribution in [2.24, 2.45) is 0 Å². The average molecular weight is 516 g/mol. The van der Waals surface area contributed by atoms with Crippen molar-refractivity contribution in [3.05, 3.63) is 94.2 Å². The number of hydrogen-bond donors (Lipinski definition) is 1. The van der Waals surface area contributed by atoms with Crippen LogP contribution in [0.2, 0.25) is 10.0 Å². The van der Waals surface area contributed by atoms with E-state index in [2.05, 4.69) is 5.32 Å². The van der Waals surface area contributed by atoms with Crippen LogP contribution >= 0.6 is 35.4 Å². The summed E-state index contributed by atoms with van der Waals surface area (Å²) in [5.74, 6) is -0.938. The Kier molecular flexibility index (Phi) is 7.46. The minimum Gasteiger partial charge on any atom is -0.336 e. The summed E-state index contributed by atoms with van der Waals surface area (Å²) in [4.78, 5) is 29.4. The number of thiocarbonyl (C=S) groups is 1. The molecule has 34 heavy (non-hydrogen) atoms. The molecule has 4 rings (SSSR count). The van der Waals surface area contributed by atoms with Gasteiger partial charge in [0.1, 0.15) is 11.9 Å². The Bertz CT molecular complexity index is 1200. The van der Waals surface area contributed by atoms with Gasteiger partial charge in [0.15, 0.2) is 5.11 Å². The number of amides is 2. The summed E-state index contributed by atoms with van der Waals surface area (Å²) in [7, 11) is 0. The van der Waals surface area contributed by atoms with Crippen LogP contribution in [0.3, 0.4) is 0 Å². The molecule has 1 atom stereocenters. The molecule has 1 aliphatic heterocycles. The van der Waals surface area contributed by atoms with Crippen molar-refractivity contribution in [3.8, 4) is 0 Å². The van der Waals surface area contributed by atoms with E-state index in [0.717, 1.165) is 5.56 Å². The van der Waals surface area contributed by atoms with Gasteiger partial charge in [-0.2, -0.15) is 0 Å². The first kappa shape index (κ1) is 24.1. The van der Waals surface area contributed by atoms with E-state index in [0.29, 0.717) is 39.5 Å². The van der Waals surface area contributed by atoms with Crippen molar-refractivity contribution in [1.82, 2.24) is 4.90 Å². The van der Waals surface area contributed by atoms with Gasteiger partial charge in [0.05, 0.1) is 12.1 Å². The number of rotatable bonds is 7. The van der Waals surface area contributed by atoms with Crippen molar-refractivity contribution in [1.29, 1.82) is 0 Å². The first-order chi connectivity index (χ1) is 16.3. The fraction of sp³-hybridized carbons (Fsp3) is 0.160. The van der Waals surface area contributed by atoms with E-state index in [1.54, 1.807) is 65.6 Å². The first-order valence-electron chi connectivity index (χ1n) is 10.5. The highest BCUT2D eigenvalue weighted by Crippen LogP contribution is 2.29. The number of benzene rings is 3. The quantitative estimate of drug-likeness (QED) is 0.409. The second-order valence-corrected chi connectivity index (χ2v) is 9.02. The van der Waals surface area contributed by atoms with Crippen LogP contribution in [0.1, 0.15) is 12.0 Å². The Hall–Kier alpha value is -3.00. The molecule has 3 aromatic rings. The lowest BCUT2D eigenvalue weighted by atomic mass is 10.1. The van der Waals surface area contributed by atoms with E-state index in [9.17, 15) is 14.0 Å². The van der Waals surface area contributed by atoms with Crippen LogP contribution in [0.15, 0.2) is 72.8 Å². The van der Waals surface area contributed by atoms with Crippen LogP contribution < -0.4 is 10.2 Å². The van der Waals surface area contributed by atoms with E-state index < -0.39 is 6.04 Å². The Morgan fingerprint density at radius 2 is 1.53 bits per heavy atom. The molecule has 0 saturated carbocycles. The summed E-state index contributed by atoms with van der Waals surface area (Å²) < 4.78 is 13.3. The van der Waals surface area contributed by atoms with E-state index in [1.807, 2.05) is 0 Å². The van der Waals surface area contributed by atoms with Crippen molar-refractivity contribution < 1.29 is 14.0 Å². The van der Waals surface area contributed by atoms with Crippen LogP contribution in [0.5, 0.6) is 0 Å². The largest absolute Gasteiger partial charge is 0.336 e. The van der Waals surface area contributed by atoms with Crippen LogP contribution in [0.25, 0.3) is 0 Å². The Morgan fingerprint density at radius 1 is 0.941 bits per heavy atom. The molecular weight excluding hydrogens is 496 g/mol. The zero-order valence-corrected chi connectivity index (χ0v) is 20.2. The van der Waals surface area contributed by atoms with Gasteiger partial charge in [-0.25, -0.2) is 4.39 Å². The van der Waals surface area contributed by atoms with Crippen LogP contribution in [-0.2, 0) is 16.0 Å². The lowest BCUT2D eigenvalue weighted by Gasteiger charge is -2.24. The molecule has 1 aliphatic rings. The fourth-order valence-electron chi connectivity index (χ4n) is 3.74. The van der Waals surface area contributed by atoms with Gasteiger partial charge >= 0.3 is 0 Å². The number of carbonyl (C=O) groups is 2. The summed E-state index contributed by atoms with van der Waals surface area (Å²) in [5.41, 5.74) is 2.05. The summed E-state index contributed by atoms with van der Waals surface area (Å²) in [6.45, 7) is 0.388. The van der Waals surface area contributed by atoms with Crippen molar-refractivity contribution in [3.63, 3.8) is 0 Å². The Balaban J connectivity index is 1.55. The summed E-state index contributed by atoms with van der Waals surface area (Å²) >= 11 is 17.6. The third-order valence-corrected chi connectivity index (χ3v) is 6.39. The van der Waals surface area contributed by atoms with Gasteiger partial charge in [-0.15, -0.1) is 0 Å².